The van der Waals surface area contributed by atoms with Gasteiger partial charge in [-0.15, -0.1) is 24.8 Å². The largest absolute Gasteiger partial charge is 0.315 e. The van der Waals surface area contributed by atoms with Gasteiger partial charge in [-0.25, -0.2) is 4.39 Å². The van der Waals surface area contributed by atoms with Gasteiger partial charge in [0.2, 0.25) is 0 Å². The maximum atomic E-state index is 12.6. The lowest BCUT2D eigenvalue weighted by Gasteiger charge is -2.19. The molecule has 1 rings (SSSR count). The van der Waals surface area contributed by atoms with Gasteiger partial charge in [-0.1, -0.05) is 0 Å². The third kappa shape index (κ3) is 7.50. The van der Waals surface area contributed by atoms with Gasteiger partial charge in [0.1, 0.15) is 6.17 Å². The van der Waals surface area contributed by atoms with Gasteiger partial charge in [-0.05, 0) is 26.4 Å². The van der Waals surface area contributed by atoms with Gasteiger partial charge >= 0.3 is 0 Å². The van der Waals surface area contributed by atoms with Crippen molar-refractivity contribution in [3.8, 4) is 0 Å². The first kappa shape index (κ1) is 15.9. The van der Waals surface area contributed by atoms with Crippen LogP contribution in [0.2, 0.25) is 0 Å². The highest BCUT2D eigenvalue weighted by atomic mass is 35.5. The minimum atomic E-state index is -0.687. The summed E-state index contributed by atoms with van der Waals surface area (Å²) in [5, 5.41) is 3.29. The maximum Gasteiger partial charge on any atom is 0.110 e. The van der Waals surface area contributed by atoms with Crippen LogP contribution in [-0.4, -0.2) is 43.8 Å². The fourth-order valence-electron chi connectivity index (χ4n) is 1.44. The second-order valence-corrected chi connectivity index (χ2v) is 3.18. The normalized spacial score (nSPS) is 20.8. The molecule has 0 amide bonds. The molecule has 1 N–H and O–H groups in total. The van der Waals surface area contributed by atoms with Crippen LogP contribution >= 0.6 is 24.8 Å². The topological polar surface area (TPSA) is 15.3 Å². The second-order valence-electron chi connectivity index (χ2n) is 3.18. The van der Waals surface area contributed by atoms with Crippen LogP contribution in [0.15, 0.2) is 0 Å². The molecule has 1 atom stereocenters. The average molecular weight is 233 g/mol. The molecule has 1 fully saturated rings. The first-order valence-electron chi connectivity index (χ1n) is 4.36. The molecule has 1 unspecified atom stereocenters. The highest BCUT2D eigenvalue weighted by Crippen LogP contribution is 1.98. The van der Waals surface area contributed by atoms with E-state index >= 15 is 0 Å². The standard InChI is InChI=1S/C8H17FN2.2ClH/c1-8(9)7-11-5-2-3-10-4-6-11;;/h8,10H,2-7H2,1H3;2*1H. The zero-order valence-corrected chi connectivity index (χ0v) is 9.59. The van der Waals surface area contributed by atoms with Crippen LogP contribution in [0.1, 0.15) is 13.3 Å². The maximum absolute atomic E-state index is 12.6. The van der Waals surface area contributed by atoms with E-state index in [0.717, 1.165) is 32.6 Å². The average Bonchev–Trinajstić information content (AvgIpc) is 2.14. The molecule has 0 aromatic carbocycles. The molecule has 13 heavy (non-hydrogen) atoms. The molecule has 1 aliphatic rings. The number of hydrogen-bond donors (Lipinski definition) is 1. The van der Waals surface area contributed by atoms with E-state index in [1.807, 2.05) is 0 Å². The van der Waals surface area contributed by atoms with E-state index < -0.39 is 6.17 Å². The SMILES string of the molecule is CC(F)CN1CCCNCC1.Cl.Cl. The number of nitrogens with one attached hydrogen (secondary N) is 1. The molecule has 2 nitrogen and oxygen atoms in total. The zero-order valence-electron chi connectivity index (χ0n) is 7.96. The van der Waals surface area contributed by atoms with Gasteiger partial charge in [0.15, 0.2) is 0 Å². The molecule has 0 aliphatic carbocycles. The number of hydrogen-bond acceptors (Lipinski definition) is 2. The van der Waals surface area contributed by atoms with Crippen molar-refractivity contribution in [3.05, 3.63) is 0 Å². The third-order valence-electron chi connectivity index (χ3n) is 1.94. The Morgan fingerprint density at radius 2 is 2.00 bits per heavy atom. The highest BCUT2D eigenvalue weighted by Gasteiger charge is 2.10. The Labute approximate surface area is 92.1 Å². The van der Waals surface area contributed by atoms with E-state index in [1.54, 1.807) is 6.92 Å². The zero-order chi connectivity index (χ0) is 8.10. The Hall–Kier alpha value is 0.430. The molecule has 5 heteroatoms. The summed E-state index contributed by atoms with van der Waals surface area (Å²) in [5.74, 6) is 0. The van der Waals surface area contributed by atoms with Gasteiger partial charge in [-0.2, -0.15) is 0 Å². The molecule has 1 heterocycles. The van der Waals surface area contributed by atoms with Crippen LogP contribution in [0.25, 0.3) is 0 Å². The second kappa shape index (κ2) is 9.00. The van der Waals surface area contributed by atoms with Crippen LogP contribution < -0.4 is 5.32 Å². The Morgan fingerprint density at radius 1 is 1.31 bits per heavy atom. The van der Waals surface area contributed by atoms with Gasteiger partial charge < -0.3 is 5.32 Å². The van der Waals surface area contributed by atoms with Crippen LogP contribution in [0.3, 0.4) is 0 Å². The molecule has 0 bridgehead atoms. The molecule has 0 spiro atoms. The molecular weight excluding hydrogens is 214 g/mol. The first-order chi connectivity index (χ1) is 5.29. The summed E-state index contributed by atoms with van der Waals surface area (Å²) in [7, 11) is 0. The van der Waals surface area contributed by atoms with Crippen LogP contribution in [0, 0.1) is 0 Å². The molecule has 0 aromatic heterocycles. The fourth-order valence-corrected chi connectivity index (χ4v) is 1.44. The molecule has 0 aromatic rings. The van der Waals surface area contributed by atoms with Crippen molar-refractivity contribution in [2.45, 2.75) is 19.5 Å². The molecule has 1 saturated heterocycles. The highest BCUT2D eigenvalue weighted by molar-refractivity contribution is 5.85. The van der Waals surface area contributed by atoms with Gasteiger partial charge in [0.05, 0.1) is 0 Å². The van der Waals surface area contributed by atoms with Gasteiger partial charge in [-0.3, -0.25) is 4.90 Å². The summed E-state index contributed by atoms with van der Waals surface area (Å²) in [6.07, 6.45) is 0.459. The van der Waals surface area contributed by atoms with Gasteiger partial charge in [0.25, 0.3) is 0 Å². The van der Waals surface area contributed by atoms with Crippen LogP contribution in [0.4, 0.5) is 4.39 Å². The molecule has 0 saturated carbocycles. The lowest BCUT2D eigenvalue weighted by molar-refractivity contribution is 0.211. The summed E-state index contributed by atoms with van der Waals surface area (Å²) >= 11 is 0. The molecule has 1 aliphatic heterocycles. The molecular formula is C8H19Cl2FN2. The van der Waals surface area contributed by atoms with E-state index in [9.17, 15) is 4.39 Å². The Bertz CT molecular complexity index is 106. The fraction of sp³-hybridized carbons (Fsp3) is 1.00. The third-order valence-corrected chi connectivity index (χ3v) is 1.94. The van der Waals surface area contributed by atoms with Crippen molar-refractivity contribution in [3.63, 3.8) is 0 Å². The van der Waals surface area contributed by atoms with E-state index in [4.69, 9.17) is 0 Å². The summed E-state index contributed by atoms with van der Waals surface area (Å²) in [6.45, 7) is 6.35. The molecule has 0 radical (unpaired) electrons. The predicted molar refractivity (Wildman–Crippen MR) is 59.0 cm³/mol. The van der Waals surface area contributed by atoms with E-state index in [2.05, 4.69) is 10.2 Å². The summed E-state index contributed by atoms with van der Waals surface area (Å²) in [4.78, 5) is 2.19. The van der Waals surface area contributed by atoms with Crippen molar-refractivity contribution in [2.75, 3.05) is 32.7 Å². The number of halogens is 3. The van der Waals surface area contributed by atoms with Crippen LogP contribution in [0.5, 0.6) is 0 Å². The number of rotatable bonds is 2. The van der Waals surface area contributed by atoms with E-state index in [-0.39, 0.29) is 24.8 Å². The minimum Gasteiger partial charge on any atom is -0.315 e. The summed E-state index contributed by atoms with van der Waals surface area (Å²) < 4.78 is 12.6. The Kier molecular flexibility index (Phi) is 11.0. The van der Waals surface area contributed by atoms with Crippen molar-refractivity contribution in [1.29, 1.82) is 0 Å². The Morgan fingerprint density at radius 3 is 2.62 bits per heavy atom. The lowest BCUT2D eigenvalue weighted by Crippen LogP contribution is -2.32. The smallest absolute Gasteiger partial charge is 0.110 e. The van der Waals surface area contributed by atoms with Crippen LogP contribution in [-0.2, 0) is 0 Å². The monoisotopic (exact) mass is 232 g/mol. The lowest BCUT2D eigenvalue weighted by atomic mass is 10.3. The summed E-state index contributed by atoms with van der Waals surface area (Å²) in [6, 6.07) is 0. The predicted octanol–water partition coefficient (Wildman–Crippen LogP) is 1.48. The van der Waals surface area contributed by atoms with E-state index in [1.165, 1.54) is 0 Å². The van der Waals surface area contributed by atoms with Crippen molar-refractivity contribution in [1.82, 2.24) is 10.2 Å². The quantitative estimate of drug-likeness (QED) is 0.777. The van der Waals surface area contributed by atoms with Crippen molar-refractivity contribution in [2.24, 2.45) is 0 Å². The van der Waals surface area contributed by atoms with E-state index in [0.29, 0.717) is 6.54 Å². The Balaban J connectivity index is 0. The molecule has 82 valence electrons. The van der Waals surface area contributed by atoms with Crippen molar-refractivity contribution < 1.29 is 4.39 Å². The summed E-state index contributed by atoms with van der Waals surface area (Å²) in [5.41, 5.74) is 0. The van der Waals surface area contributed by atoms with Crippen molar-refractivity contribution >= 4 is 24.8 Å². The number of alkyl halides is 1. The van der Waals surface area contributed by atoms with Gasteiger partial charge in [0, 0.05) is 19.6 Å². The minimum absolute atomic E-state index is 0. The first-order valence-corrected chi connectivity index (χ1v) is 4.36. The number of nitrogens with zero attached hydrogens (tertiary/aromatic N) is 1.